The van der Waals surface area contributed by atoms with Gasteiger partial charge in [0.2, 0.25) is 0 Å². The predicted molar refractivity (Wildman–Crippen MR) is 86.2 cm³/mol. The molecule has 0 saturated heterocycles. The Hall–Kier alpha value is -0.140. The van der Waals surface area contributed by atoms with Crippen molar-refractivity contribution in [2.75, 3.05) is 0 Å². The molecule has 0 aliphatic carbocycles. The molecule has 0 aromatic heterocycles. The standard InChI is InChI=1S/C14H21IO3S/c1-10(2)14(9-12(4)15)18-19(16,17)13-7-5-11(3)6-8-13/h5-8,10,12,14H,9H2,1-4H3. The van der Waals surface area contributed by atoms with Gasteiger partial charge in [-0.3, -0.25) is 4.18 Å². The van der Waals surface area contributed by atoms with Crippen molar-refractivity contribution in [3.05, 3.63) is 29.8 Å². The van der Waals surface area contributed by atoms with Crippen LogP contribution < -0.4 is 0 Å². The summed E-state index contributed by atoms with van der Waals surface area (Å²) in [6.07, 6.45) is 0.446. The zero-order chi connectivity index (χ0) is 14.6. The molecule has 5 heteroatoms. The summed E-state index contributed by atoms with van der Waals surface area (Å²) >= 11 is 2.29. The molecule has 0 spiro atoms. The van der Waals surface area contributed by atoms with Crippen molar-refractivity contribution in [2.45, 2.75) is 49.0 Å². The van der Waals surface area contributed by atoms with Crippen LogP contribution in [0.25, 0.3) is 0 Å². The van der Waals surface area contributed by atoms with E-state index < -0.39 is 10.1 Å². The smallest absolute Gasteiger partial charge is 0.263 e. The minimum atomic E-state index is -3.67. The average molecular weight is 396 g/mol. The molecule has 1 rings (SSSR count). The van der Waals surface area contributed by atoms with Gasteiger partial charge in [0.1, 0.15) is 0 Å². The van der Waals surface area contributed by atoms with Crippen molar-refractivity contribution in [3.8, 4) is 0 Å². The van der Waals surface area contributed by atoms with Gasteiger partial charge in [0.25, 0.3) is 10.1 Å². The minimum absolute atomic E-state index is 0.164. The number of hydrogen-bond donors (Lipinski definition) is 0. The van der Waals surface area contributed by atoms with Crippen molar-refractivity contribution >= 4 is 32.7 Å². The first-order valence-corrected chi connectivity index (χ1v) is 9.02. The van der Waals surface area contributed by atoms with Gasteiger partial charge >= 0.3 is 0 Å². The van der Waals surface area contributed by atoms with E-state index in [1.165, 1.54) is 0 Å². The topological polar surface area (TPSA) is 43.4 Å². The SMILES string of the molecule is Cc1ccc(S(=O)(=O)OC(CC(C)I)C(C)C)cc1. The summed E-state index contributed by atoms with van der Waals surface area (Å²) < 4.78 is 30.2. The summed E-state index contributed by atoms with van der Waals surface area (Å²) in [4.78, 5) is 0.227. The highest BCUT2D eigenvalue weighted by Crippen LogP contribution is 2.23. The van der Waals surface area contributed by atoms with Gasteiger partial charge in [-0.05, 0) is 31.4 Å². The summed E-state index contributed by atoms with van der Waals surface area (Å²) in [6, 6.07) is 6.74. The Bertz CT molecular complexity index is 492. The van der Waals surface area contributed by atoms with Gasteiger partial charge < -0.3 is 0 Å². The Morgan fingerprint density at radius 2 is 1.68 bits per heavy atom. The monoisotopic (exact) mass is 396 g/mol. The molecule has 0 aliphatic heterocycles. The zero-order valence-electron chi connectivity index (χ0n) is 11.8. The zero-order valence-corrected chi connectivity index (χ0v) is 14.7. The lowest BCUT2D eigenvalue weighted by molar-refractivity contribution is 0.151. The van der Waals surface area contributed by atoms with Gasteiger partial charge in [-0.15, -0.1) is 0 Å². The molecule has 0 fully saturated rings. The van der Waals surface area contributed by atoms with Crippen LogP contribution in [0.4, 0.5) is 0 Å². The van der Waals surface area contributed by atoms with Crippen LogP contribution in [0, 0.1) is 12.8 Å². The van der Waals surface area contributed by atoms with Crippen molar-refractivity contribution in [3.63, 3.8) is 0 Å². The molecule has 0 N–H and O–H groups in total. The highest BCUT2D eigenvalue weighted by molar-refractivity contribution is 14.1. The Balaban J connectivity index is 2.90. The van der Waals surface area contributed by atoms with E-state index in [2.05, 4.69) is 29.5 Å². The van der Waals surface area contributed by atoms with Gasteiger partial charge in [-0.25, -0.2) is 0 Å². The molecular weight excluding hydrogens is 375 g/mol. The molecule has 1 aromatic carbocycles. The molecule has 0 saturated carbocycles. The van der Waals surface area contributed by atoms with Crippen LogP contribution in [-0.2, 0) is 14.3 Å². The van der Waals surface area contributed by atoms with Crippen LogP contribution >= 0.6 is 22.6 Å². The fourth-order valence-electron chi connectivity index (χ4n) is 1.67. The van der Waals surface area contributed by atoms with E-state index in [1.807, 2.05) is 20.8 Å². The third-order valence-electron chi connectivity index (χ3n) is 2.86. The second-order valence-electron chi connectivity index (χ2n) is 5.16. The maximum atomic E-state index is 12.2. The Labute approximate surface area is 130 Å². The van der Waals surface area contributed by atoms with Crippen LogP contribution in [0.2, 0.25) is 0 Å². The van der Waals surface area contributed by atoms with Crippen molar-refractivity contribution in [1.29, 1.82) is 0 Å². The Morgan fingerprint density at radius 1 is 1.16 bits per heavy atom. The molecule has 2 unspecified atom stereocenters. The van der Waals surface area contributed by atoms with Gasteiger partial charge in [0, 0.05) is 3.92 Å². The first-order valence-electron chi connectivity index (χ1n) is 6.36. The summed E-state index contributed by atoms with van der Waals surface area (Å²) in [6.45, 7) is 7.94. The average Bonchev–Trinajstić information content (AvgIpc) is 2.27. The van der Waals surface area contributed by atoms with Crippen LogP contribution in [0.3, 0.4) is 0 Å². The van der Waals surface area contributed by atoms with Gasteiger partial charge in [0.15, 0.2) is 0 Å². The number of rotatable bonds is 6. The summed E-state index contributed by atoms with van der Waals surface area (Å²) in [5.41, 5.74) is 1.03. The second kappa shape index (κ2) is 7.04. The first kappa shape index (κ1) is 16.9. The number of halogens is 1. The summed E-state index contributed by atoms with van der Waals surface area (Å²) in [5.74, 6) is 0.164. The molecule has 108 valence electrons. The molecule has 0 heterocycles. The highest BCUT2D eigenvalue weighted by Gasteiger charge is 2.25. The number of hydrogen-bond acceptors (Lipinski definition) is 3. The van der Waals surface area contributed by atoms with Crippen LogP contribution in [0.5, 0.6) is 0 Å². The third-order valence-corrected chi connectivity index (χ3v) is 4.72. The molecule has 0 radical (unpaired) electrons. The number of alkyl halides is 1. The molecule has 19 heavy (non-hydrogen) atoms. The molecular formula is C14H21IO3S. The predicted octanol–water partition coefficient (Wildman–Crippen LogP) is 3.94. The van der Waals surface area contributed by atoms with Crippen LogP contribution in [0.15, 0.2) is 29.2 Å². The van der Waals surface area contributed by atoms with Gasteiger partial charge in [-0.1, -0.05) is 61.1 Å². The molecule has 0 aliphatic rings. The summed E-state index contributed by atoms with van der Waals surface area (Å²) in [5, 5.41) is 0. The van der Waals surface area contributed by atoms with Gasteiger partial charge in [-0.2, -0.15) is 8.42 Å². The van der Waals surface area contributed by atoms with Crippen molar-refractivity contribution < 1.29 is 12.6 Å². The summed E-state index contributed by atoms with van der Waals surface area (Å²) in [7, 11) is -3.67. The lowest BCUT2D eigenvalue weighted by Gasteiger charge is -2.22. The van der Waals surface area contributed by atoms with Crippen LogP contribution in [0.1, 0.15) is 32.8 Å². The van der Waals surface area contributed by atoms with E-state index in [1.54, 1.807) is 24.3 Å². The highest BCUT2D eigenvalue weighted by atomic mass is 127. The quantitative estimate of drug-likeness (QED) is 0.416. The number of benzene rings is 1. The lowest BCUT2D eigenvalue weighted by atomic mass is 10.0. The lowest BCUT2D eigenvalue weighted by Crippen LogP contribution is -2.26. The van der Waals surface area contributed by atoms with Crippen LogP contribution in [-0.4, -0.2) is 18.4 Å². The van der Waals surface area contributed by atoms with Crippen molar-refractivity contribution in [2.24, 2.45) is 5.92 Å². The van der Waals surface area contributed by atoms with E-state index in [-0.39, 0.29) is 16.9 Å². The Morgan fingerprint density at radius 3 is 2.11 bits per heavy atom. The molecule has 2 atom stereocenters. The number of aryl methyl sites for hydroxylation is 1. The van der Waals surface area contributed by atoms with Gasteiger partial charge in [0.05, 0.1) is 11.0 Å². The van der Waals surface area contributed by atoms with E-state index in [0.717, 1.165) is 12.0 Å². The fourth-order valence-corrected chi connectivity index (χ4v) is 3.37. The molecule has 1 aromatic rings. The van der Waals surface area contributed by atoms with E-state index >= 15 is 0 Å². The maximum absolute atomic E-state index is 12.2. The Kier molecular flexibility index (Phi) is 6.26. The molecule has 3 nitrogen and oxygen atoms in total. The molecule has 0 amide bonds. The maximum Gasteiger partial charge on any atom is 0.297 e. The second-order valence-corrected chi connectivity index (χ2v) is 8.86. The van der Waals surface area contributed by atoms with Crippen molar-refractivity contribution in [1.82, 2.24) is 0 Å². The van der Waals surface area contributed by atoms with E-state index in [9.17, 15) is 8.42 Å². The minimum Gasteiger partial charge on any atom is -0.263 e. The normalized spacial score (nSPS) is 15.5. The fraction of sp³-hybridized carbons (Fsp3) is 0.571. The van der Waals surface area contributed by atoms with E-state index in [0.29, 0.717) is 3.92 Å². The first-order chi connectivity index (χ1) is 8.72. The largest absolute Gasteiger partial charge is 0.297 e. The third kappa shape index (κ3) is 5.39. The van der Waals surface area contributed by atoms with E-state index in [4.69, 9.17) is 4.18 Å². The molecule has 0 bridgehead atoms.